The van der Waals surface area contributed by atoms with Crippen molar-refractivity contribution in [3.05, 3.63) is 48.6 Å². The number of ether oxygens (including phenoxy) is 1. The van der Waals surface area contributed by atoms with Crippen molar-refractivity contribution >= 4 is 19.7 Å². The normalized spacial score (nSPS) is 14.2. The molecule has 0 rings (SSSR count). The van der Waals surface area contributed by atoms with Gasteiger partial charge in [0.25, 0.3) is 0 Å². The zero-order chi connectivity index (χ0) is 49.4. The summed E-state index contributed by atoms with van der Waals surface area (Å²) in [6, 6.07) is -0.850. The second-order valence-electron chi connectivity index (χ2n) is 20.1. The van der Waals surface area contributed by atoms with Gasteiger partial charge >= 0.3 is 13.8 Å². The van der Waals surface area contributed by atoms with E-state index in [-0.39, 0.29) is 25.1 Å². The van der Waals surface area contributed by atoms with Crippen LogP contribution in [-0.4, -0.2) is 74.3 Å². The van der Waals surface area contributed by atoms with Crippen LogP contribution in [0.1, 0.15) is 252 Å². The lowest BCUT2D eigenvalue weighted by Crippen LogP contribution is -2.47. The molecule has 0 aliphatic heterocycles. The molecule has 0 aromatic carbocycles. The Hall–Kier alpha value is -2.03. The molecule has 2 N–H and O–H groups in total. The van der Waals surface area contributed by atoms with Crippen LogP contribution in [0.3, 0.4) is 0 Å². The van der Waals surface area contributed by atoms with Gasteiger partial charge in [-0.05, 0) is 51.0 Å². The van der Waals surface area contributed by atoms with Crippen molar-refractivity contribution in [3.8, 4) is 0 Å². The molecule has 0 heterocycles. The van der Waals surface area contributed by atoms with E-state index >= 15 is 0 Å². The summed E-state index contributed by atoms with van der Waals surface area (Å²) in [5.41, 5.74) is 0. The van der Waals surface area contributed by atoms with Gasteiger partial charge in [-0.25, -0.2) is 4.57 Å². The Morgan fingerprint density at radius 3 is 1.42 bits per heavy atom. The molecule has 3 unspecified atom stereocenters. The number of esters is 1. The summed E-state index contributed by atoms with van der Waals surface area (Å²) in [7, 11) is 1.49. The highest BCUT2D eigenvalue weighted by molar-refractivity contribution is 7.47. The summed E-state index contributed by atoms with van der Waals surface area (Å²) in [6.07, 6.45) is 56.7. The molecule has 0 aliphatic rings. The third-order valence-corrected chi connectivity index (χ3v) is 13.3. The van der Waals surface area contributed by atoms with E-state index in [9.17, 15) is 19.0 Å². The molecule has 0 aromatic rings. The number of rotatable bonds is 50. The second kappa shape index (κ2) is 47.6. The molecular formula is C57H108N2O7P+. The zero-order valence-electron chi connectivity index (χ0n) is 44.6. The number of phosphoric acid groups is 1. The van der Waals surface area contributed by atoms with Gasteiger partial charge in [0, 0.05) is 12.8 Å². The average Bonchev–Trinajstić information content (AvgIpc) is 3.28. The molecule has 0 fully saturated rings. The van der Waals surface area contributed by atoms with Gasteiger partial charge in [-0.15, -0.1) is 0 Å². The van der Waals surface area contributed by atoms with E-state index in [2.05, 4.69) is 62.5 Å². The van der Waals surface area contributed by atoms with Crippen molar-refractivity contribution in [2.24, 2.45) is 0 Å². The largest absolute Gasteiger partial charge is 0.472 e. The Kier molecular flexibility index (Phi) is 46.2. The maximum atomic E-state index is 13.5. The third-order valence-electron chi connectivity index (χ3n) is 12.3. The minimum absolute atomic E-state index is 0.0382. The Morgan fingerprint density at radius 1 is 0.537 bits per heavy atom. The van der Waals surface area contributed by atoms with E-state index in [1.165, 1.54) is 141 Å². The molecular weight excluding hydrogens is 856 g/mol. The first kappa shape index (κ1) is 65.0. The lowest BCUT2D eigenvalue weighted by molar-refractivity contribution is -0.870. The minimum Gasteiger partial charge on any atom is -0.456 e. The standard InChI is InChI=1S/C57H107N2O7P/c1-7-10-13-16-19-22-25-28-29-32-34-37-40-43-46-49-56(60)58-54(53-65-67(62,63)64-52-51-59(4,5)6)55(48-45-42-39-36-33-30-26-23-20-17-14-11-8-2)66-57(61)50-47-44-41-38-35-31-27-24-21-18-15-12-9-3/h10,13,16,19,22,25,45,48,54-55H,7-9,11-12,14-15,17-18,20-21,23-24,26-44,46-47,49-53H2,1-6H3,(H-,58,60,62,63)/p+1/b13-10+,19-16+,25-22+,48-45+. The van der Waals surface area contributed by atoms with Crippen LogP contribution >= 0.6 is 7.82 Å². The fourth-order valence-electron chi connectivity index (χ4n) is 8.00. The molecule has 392 valence electrons. The van der Waals surface area contributed by atoms with Gasteiger partial charge in [0.15, 0.2) is 0 Å². The minimum atomic E-state index is -4.44. The summed E-state index contributed by atoms with van der Waals surface area (Å²) in [5, 5.41) is 3.04. The van der Waals surface area contributed by atoms with Gasteiger partial charge in [0.1, 0.15) is 19.3 Å². The molecule has 0 aromatic heterocycles. The monoisotopic (exact) mass is 964 g/mol. The van der Waals surface area contributed by atoms with Gasteiger partial charge in [-0.3, -0.25) is 18.6 Å². The summed E-state index contributed by atoms with van der Waals surface area (Å²) in [6.45, 7) is 6.88. The molecule has 0 radical (unpaired) electrons. The van der Waals surface area contributed by atoms with E-state index < -0.39 is 20.0 Å². The molecule has 0 bridgehead atoms. The van der Waals surface area contributed by atoms with Gasteiger partial charge in [-0.2, -0.15) is 0 Å². The van der Waals surface area contributed by atoms with Crippen molar-refractivity contribution in [3.63, 3.8) is 0 Å². The van der Waals surface area contributed by atoms with Crippen molar-refractivity contribution in [1.29, 1.82) is 0 Å². The molecule has 3 atom stereocenters. The number of nitrogens with zero attached hydrogens (tertiary/aromatic N) is 1. The highest BCUT2D eigenvalue weighted by Crippen LogP contribution is 2.43. The number of unbranched alkanes of at least 4 members (excludes halogenated alkanes) is 30. The van der Waals surface area contributed by atoms with E-state index in [1.54, 1.807) is 0 Å². The lowest BCUT2D eigenvalue weighted by Gasteiger charge is -2.27. The Balaban J connectivity index is 5.40. The smallest absolute Gasteiger partial charge is 0.456 e. The highest BCUT2D eigenvalue weighted by Gasteiger charge is 2.30. The number of carbonyl (C=O) groups is 2. The van der Waals surface area contributed by atoms with Crippen LogP contribution in [0.4, 0.5) is 0 Å². The zero-order valence-corrected chi connectivity index (χ0v) is 45.5. The third kappa shape index (κ3) is 48.8. The number of quaternary nitrogens is 1. The number of amides is 1. The fourth-order valence-corrected chi connectivity index (χ4v) is 8.73. The number of hydrogen-bond donors (Lipinski definition) is 2. The molecule has 67 heavy (non-hydrogen) atoms. The first-order chi connectivity index (χ1) is 32.4. The van der Waals surface area contributed by atoms with Crippen LogP contribution in [-0.2, 0) is 27.9 Å². The number of likely N-dealkylation sites (N-methyl/N-ethyl adjacent to an activating group) is 1. The topological polar surface area (TPSA) is 111 Å². The molecule has 9 nitrogen and oxygen atoms in total. The maximum Gasteiger partial charge on any atom is 0.472 e. The predicted molar refractivity (Wildman–Crippen MR) is 286 cm³/mol. The second-order valence-corrected chi connectivity index (χ2v) is 21.6. The van der Waals surface area contributed by atoms with Gasteiger partial charge in [-0.1, -0.05) is 237 Å². The first-order valence-electron chi connectivity index (χ1n) is 28.0. The lowest BCUT2D eigenvalue weighted by atomic mass is 10.0. The summed E-state index contributed by atoms with van der Waals surface area (Å²) in [5.74, 6) is -0.514. The van der Waals surface area contributed by atoms with Crippen molar-refractivity contribution in [2.75, 3.05) is 40.9 Å². The summed E-state index contributed by atoms with van der Waals surface area (Å²) < 4.78 is 30.6. The molecule has 1 amide bonds. The van der Waals surface area contributed by atoms with Crippen molar-refractivity contribution in [1.82, 2.24) is 5.32 Å². The van der Waals surface area contributed by atoms with Crippen molar-refractivity contribution < 1.29 is 37.3 Å². The SMILES string of the molecule is CC/C=C/C=C/C=C/CCCCCCCCCC(=O)NC(COP(=O)(O)OCC[N+](C)(C)C)C(/C=C/CCCCCCCCCCCCC)OC(=O)CCCCCCCCCCCCCCC. The van der Waals surface area contributed by atoms with Crippen LogP contribution in [0, 0.1) is 0 Å². The average molecular weight is 964 g/mol. The number of nitrogens with one attached hydrogen (secondary N) is 1. The highest BCUT2D eigenvalue weighted by atomic mass is 31.2. The van der Waals surface area contributed by atoms with E-state index in [1.807, 2.05) is 33.3 Å². The maximum absolute atomic E-state index is 13.5. The number of hydrogen-bond acceptors (Lipinski definition) is 6. The van der Waals surface area contributed by atoms with Crippen LogP contribution in [0.5, 0.6) is 0 Å². The van der Waals surface area contributed by atoms with E-state index in [0.717, 1.165) is 77.0 Å². The molecule has 0 aliphatic carbocycles. The van der Waals surface area contributed by atoms with Crippen LogP contribution < -0.4 is 5.32 Å². The van der Waals surface area contributed by atoms with Crippen LogP contribution in [0.25, 0.3) is 0 Å². The van der Waals surface area contributed by atoms with Crippen LogP contribution in [0.15, 0.2) is 48.6 Å². The van der Waals surface area contributed by atoms with Gasteiger partial charge in [0.05, 0.1) is 33.8 Å². The van der Waals surface area contributed by atoms with E-state index in [0.29, 0.717) is 23.9 Å². The summed E-state index contributed by atoms with van der Waals surface area (Å²) in [4.78, 5) is 37.5. The number of carbonyl (C=O) groups excluding carboxylic acids is 2. The first-order valence-corrected chi connectivity index (χ1v) is 29.5. The van der Waals surface area contributed by atoms with Crippen molar-refractivity contribution in [2.45, 2.75) is 264 Å². The van der Waals surface area contributed by atoms with Crippen LogP contribution in [0.2, 0.25) is 0 Å². The van der Waals surface area contributed by atoms with Gasteiger partial charge < -0.3 is 19.4 Å². The molecule has 10 heteroatoms. The molecule has 0 saturated carbocycles. The Morgan fingerprint density at radius 2 is 0.955 bits per heavy atom. The molecule has 0 spiro atoms. The summed E-state index contributed by atoms with van der Waals surface area (Å²) >= 11 is 0. The number of allylic oxidation sites excluding steroid dienone is 7. The molecule has 0 saturated heterocycles. The van der Waals surface area contributed by atoms with Gasteiger partial charge in [0.2, 0.25) is 5.91 Å². The number of phosphoric ester groups is 1. The fraction of sp³-hybridized carbons (Fsp3) is 0.825. The Bertz CT molecular complexity index is 1290. The Labute approximate surface area is 414 Å². The quantitative estimate of drug-likeness (QED) is 0.0156. The van der Waals surface area contributed by atoms with E-state index in [4.69, 9.17) is 13.8 Å². The predicted octanol–water partition coefficient (Wildman–Crippen LogP) is 16.6.